The highest BCUT2D eigenvalue weighted by molar-refractivity contribution is 6.40. The molecule has 2 N–H and O–H groups in total. The van der Waals surface area contributed by atoms with Crippen molar-refractivity contribution in [1.82, 2.24) is 15.3 Å². The molecule has 0 aliphatic carbocycles. The molecule has 2 aromatic carbocycles. The predicted molar refractivity (Wildman–Crippen MR) is 110 cm³/mol. The number of aryl methyl sites for hydroxylation is 1. The first-order chi connectivity index (χ1) is 13.3. The van der Waals surface area contributed by atoms with Crippen LogP contribution in [-0.4, -0.2) is 21.9 Å². The van der Waals surface area contributed by atoms with Gasteiger partial charge in [0.25, 0.3) is 5.91 Å². The summed E-state index contributed by atoms with van der Waals surface area (Å²) in [7, 11) is 0. The number of anilines is 1. The zero-order valence-electron chi connectivity index (χ0n) is 14.5. The highest BCUT2D eigenvalue weighted by atomic mass is 35.5. The first kappa shape index (κ1) is 20.1. The van der Waals surface area contributed by atoms with E-state index in [2.05, 4.69) is 20.6 Å². The van der Waals surface area contributed by atoms with Gasteiger partial charge in [0, 0.05) is 10.6 Å². The molecule has 9 heteroatoms. The normalized spacial score (nSPS) is 10.4. The number of nitrogens with one attached hydrogen (secondary N) is 2. The standard InChI is InChI=1S/C19H13Cl3N4O2/c1-10-17(11-5-7-12(20)8-6-11)23-9-15(24-10)25-19(28)26-18(27)16-13(21)3-2-4-14(16)22/h2-9H,1H3,(H2,24,25,26,27,28). The Labute approximate surface area is 175 Å². The number of hydrogen-bond acceptors (Lipinski definition) is 4. The van der Waals surface area contributed by atoms with Gasteiger partial charge in [-0.2, -0.15) is 0 Å². The van der Waals surface area contributed by atoms with Crippen molar-refractivity contribution in [3.05, 3.63) is 75.0 Å². The van der Waals surface area contributed by atoms with E-state index >= 15 is 0 Å². The Hall–Kier alpha value is -2.67. The fourth-order valence-corrected chi connectivity index (χ4v) is 3.16. The summed E-state index contributed by atoms with van der Waals surface area (Å²) >= 11 is 17.8. The van der Waals surface area contributed by atoms with Crippen molar-refractivity contribution in [2.24, 2.45) is 0 Å². The van der Waals surface area contributed by atoms with E-state index in [0.29, 0.717) is 16.4 Å². The molecule has 0 spiro atoms. The molecular weight excluding hydrogens is 423 g/mol. The van der Waals surface area contributed by atoms with Crippen LogP contribution in [0.5, 0.6) is 0 Å². The average Bonchev–Trinajstić information content (AvgIpc) is 2.62. The molecule has 142 valence electrons. The van der Waals surface area contributed by atoms with E-state index in [-0.39, 0.29) is 21.4 Å². The van der Waals surface area contributed by atoms with Crippen LogP contribution < -0.4 is 10.6 Å². The molecule has 0 saturated carbocycles. The molecule has 3 aromatic rings. The van der Waals surface area contributed by atoms with E-state index in [1.807, 2.05) is 12.1 Å². The third-order valence-electron chi connectivity index (χ3n) is 3.72. The van der Waals surface area contributed by atoms with Crippen molar-refractivity contribution in [3.63, 3.8) is 0 Å². The number of aromatic nitrogens is 2. The lowest BCUT2D eigenvalue weighted by atomic mass is 10.1. The van der Waals surface area contributed by atoms with Crippen molar-refractivity contribution >= 4 is 52.6 Å². The maximum Gasteiger partial charge on any atom is 0.327 e. The van der Waals surface area contributed by atoms with Gasteiger partial charge in [-0.05, 0) is 31.2 Å². The third kappa shape index (κ3) is 4.59. The van der Waals surface area contributed by atoms with Crippen LogP contribution in [0.15, 0.2) is 48.7 Å². The molecule has 0 saturated heterocycles. The van der Waals surface area contributed by atoms with E-state index in [1.165, 1.54) is 18.3 Å². The molecule has 0 atom stereocenters. The summed E-state index contributed by atoms with van der Waals surface area (Å²) in [6.45, 7) is 1.76. The van der Waals surface area contributed by atoms with E-state index < -0.39 is 11.9 Å². The van der Waals surface area contributed by atoms with Crippen molar-refractivity contribution in [2.75, 3.05) is 5.32 Å². The maximum atomic E-state index is 12.2. The number of amides is 3. The molecule has 1 aromatic heterocycles. The van der Waals surface area contributed by atoms with Crippen LogP contribution in [0.3, 0.4) is 0 Å². The monoisotopic (exact) mass is 434 g/mol. The van der Waals surface area contributed by atoms with Crippen LogP contribution in [0.1, 0.15) is 16.1 Å². The third-order valence-corrected chi connectivity index (χ3v) is 4.60. The summed E-state index contributed by atoms with van der Waals surface area (Å²) in [5.74, 6) is -0.540. The lowest BCUT2D eigenvalue weighted by Crippen LogP contribution is -2.35. The van der Waals surface area contributed by atoms with Gasteiger partial charge in [-0.1, -0.05) is 53.0 Å². The van der Waals surface area contributed by atoms with E-state index in [0.717, 1.165) is 5.56 Å². The van der Waals surface area contributed by atoms with Crippen molar-refractivity contribution < 1.29 is 9.59 Å². The van der Waals surface area contributed by atoms with Gasteiger partial charge in [-0.3, -0.25) is 20.4 Å². The number of carbonyl (C=O) groups is 2. The highest BCUT2D eigenvalue weighted by Crippen LogP contribution is 2.24. The zero-order valence-corrected chi connectivity index (χ0v) is 16.7. The SMILES string of the molecule is Cc1nc(NC(=O)NC(=O)c2c(Cl)cccc2Cl)cnc1-c1ccc(Cl)cc1. The quantitative estimate of drug-likeness (QED) is 0.579. The van der Waals surface area contributed by atoms with Crippen molar-refractivity contribution in [2.45, 2.75) is 6.92 Å². The topological polar surface area (TPSA) is 84.0 Å². The second-order valence-corrected chi connectivity index (χ2v) is 6.95. The summed E-state index contributed by atoms with van der Waals surface area (Å²) in [6, 6.07) is 11.0. The molecule has 3 rings (SSSR count). The Morgan fingerprint density at radius 1 is 0.964 bits per heavy atom. The Bertz CT molecular complexity index is 1040. The summed E-state index contributed by atoms with van der Waals surface area (Å²) in [6.07, 6.45) is 1.39. The summed E-state index contributed by atoms with van der Waals surface area (Å²) in [4.78, 5) is 33.0. The number of nitrogens with zero attached hydrogens (tertiary/aromatic N) is 2. The fraction of sp³-hybridized carbons (Fsp3) is 0.0526. The number of halogens is 3. The smallest absolute Gasteiger partial charge is 0.291 e. The van der Waals surface area contributed by atoms with Crippen molar-refractivity contribution in [1.29, 1.82) is 0 Å². The first-order valence-corrected chi connectivity index (χ1v) is 9.14. The van der Waals surface area contributed by atoms with Crippen molar-refractivity contribution in [3.8, 4) is 11.3 Å². The van der Waals surface area contributed by atoms with E-state index in [4.69, 9.17) is 34.8 Å². The van der Waals surface area contributed by atoms with Crippen LogP contribution in [0.4, 0.5) is 10.6 Å². The second kappa shape index (κ2) is 8.56. The molecule has 0 bridgehead atoms. The molecule has 6 nitrogen and oxygen atoms in total. The molecule has 0 fully saturated rings. The molecule has 3 amide bonds. The minimum Gasteiger partial charge on any atom is -0.291 e. The summed E-state index contributed by atoms with van der Waals surface area (Å²) < 4.78 is 0. The number of carbonyl (C=O) groups excluding carboxylic acids is 2. The molecule has 0 aliphatic heterocycles. The number of rotatable bonds is 3. The molecule has 0 unspecified atom stereocenters. The van der Waals surface area contributed by atoms with Crippen LogP contribution in [0, 0.1) is 6.92 Å². The lowest BCUT2D eigenvalue weighted by Gasteiger charge is -2.10. The fourth-order valence-electron chi connectivity index (χ4n) is 2.46. The van der Waals surface area contributed by atoms with Crippen LogP contribution in [0.2, 0.25) is 15.1 Å². The van der Waals surface area contributed by atoms with Gasteiger partial charge < -0.3 is 0 Å². The van der Waals surface area contributed by atoms with Gasteiger partial charge in [0.2, 0.25) is 0 Å². The molecule has 0 radical (unpaired) electrons. The second-order valence-electron chi connectivity index (χ2n) is 5.70. The molecule has 0 aliphatic rings. The summed E-state index contributed by atoms with van der Waals surface area (Å²) in [5.41, 5.74) is 2.11. The Morgan fingerprint density at radius 2 is 1.61 bits per heavy atom. The van der Waals surface area contributed by atoms with Gasteiger partial charge in [0.1, 0.15) is 0 Å². The van der Waals surface area contributed by atoms with Gasteiger partial charge in [0.15, 0.2) is 5.82 Å². The van der Waals surface area contributed by atoms with Crippen LogP contribution >= 0.6 is 34.8 Å². The van der Waals surface area contributed by atoms with Gasteiger partial charge in [-0.15, -0.1) is 0 Å². The van der Waals surface area contributed by atoms with Gasteiger partial charge in [-0.25, -0.2) is 9.78 Å². The highest BCUT2D eigenvalue weighted by Gasteiger charge is 2.17. The maximum absolute atomic E-state index is 12.2. The minimum atomic E-state index is -0.783. The zero-order chi connectivity index (χ0) is 20.3. The lowest BCUT2D eigenvalue weighted by molar-refractivity contribution is 0.0967. The number of imide groups is 1. The van der Waals surface area contributed by atoms with Crippen LogP contribution in [-0.2, 0) is 0 Å². The van der Waals surface area contributed by atoms with Gasteiger partial charge >= 0.3 is 6.03 Å². The molecule has 28 heavy (non-hydrogen) atoms. The Morgan fingerprint density at radius 3 is 2.21 bits per heavy atom. The first-order valence-electron chi connectivity index (χ1n) is 8.01. The number of hydrogen-bond donors (Lipinski definition) is 2. The molecule has 1 heterocycles. The number of urea groups is 1. The van der Waals surface area contributed by atoms with Crippen LogP contribution in [0.25, 0.3) is 11.3 Å². The van der Waals surface area contributed by atoms with E-state index in [1.54, 1.807) is 25.1 Å². The predicted octanol–water partition coefficient (Wildman–Crippen LogP) is 5.37. The Balaban J connectivity index is 1.71. The molecular formula is C19H13Cl3N4O2. The average molecular weight is 436 g/mol. The minimum absolute atomic E-state index is 0.0151. The van der Waals surface area contributed by atoms with Gasteiger partial charge in [0.05, 0.1) is 33.2 Å². The summed E-state index contributed by atoms with van der Waals surface area (Å²) in [5, 5.41) is 5.51. The Kier molecular flexibility index (Phi) is 6.14. The van der Waals surface area contributed by atoms with E-state index in [9.17, 15) is 9.59 Å². The number of benzene rings is 2. The largest absolute Gasteiger partial charge is 0.327 e.